The molecule has 1 saturated carbocycles. The van der Waals surface area contributed by atoms with Gasteiger partial charge in [0.25, 0.3) is 0 Å². The summed E-state index contributed by atoms with van der Waals surface area (Å²) in [6.07, 6.45) is 1.90. The Bertz CT molecular complexity index is 597. The summed E-state index contributed by atoms with van der Waals surface area (Å²) in [6.45, 7) is 4.05. The Kier molecular flexibility index (Phi) is 1.91. The van der Waals surface area contributed by atoms with Crippen molar-refractivity contribution in [3.8, 4) is 0 Å². The molecule has 2 unspecified atom stereocenters. The van der Waals surface area contributed by atoms with Gasteiger partial charge in [-0.3, -0.25) is 4.79 Å². The van der Waals surface area contributed by atoms with E-state index in [9.17, 15) is 9.90 Å². The second-order valence-corrected chi connectivity index (χ2v) is 5.44. The van der Waals surface area contributed by atoms with E-state index in [2.05, 4.69) is 17.1 Å². The summed E-state index contributed by atoms with van der Waals surface area (Å²) in [4.78, 5) is 14.3. The van der Waals surface area contributed by atoms with E-state index in [-0.39, 0.29) is 17.3 Å². The predicted octanol–water partition coefficient (Wildman–Crippen LogP) is 2.99. The van der Waals surface area contributed by atoms with Crippen molar-refractivity contribution in [3.05, 3.63) is 36.0 Å². The molecule has 1 aliphatic carbocycles. The van der Waals surface area contributed by atoms with Gasteiger partial charge in [-0.2, -0.15) is 0 Å². The van der Waals surface area contributed by atoms with Crippen LogP contribution in [0.4, 0.5) is 0 Å². The molecule has 88 valence electrons. The third kappa shape index (κ3) is 1.38. The number of hydrogen-bond acceptors (Lipinski definition) is 1. The molecule has 0 spiro atoms. The summed E-state index contributed by atoms with van der Waals surface area (Å²) in [6, 6.07) is 8.19. The number of aromatic nitrogens is 1. The van der Waals surface area contributed by atoms with E-state index in [1.54, 1.807) is 0 Å². The second kappa shape index (κ2) is 3.13. The lowest BCUT2D eigenvalue weighted by atomic mass is 10.0. The Balaban J connectivity index is 2.02. The molecule has 2 atom stereocenters. The maximum absolute atomic E-state index is 11.2. The first-order chi connectivity index (χ1) is 8.01. The standard InChI is InChI=1S/C14H15NO2/c1-14(2)11(12(14)13(16)17)9-4-3-8-5-6-15-10(8)7-9/h3-7,11-12,15H,1-2H3,(H,16,17). The van der Waals surface area contributed by atoms with Gasteiger partial charge in [-0.25, -0.2) is 0 Å². The fraction of sp³-hybridized carbons (Fsp3) is 0.357. The first kappa shape index (κ1) is 10.4. The van der Waals surface area contributed by atoms with Crippen molar-refractivity contribution in [3.63, 3.8) is 0 Å². The summed E-state index contributed by atoms with van der Waals surface area (Å²) < 4.78 is 0. The van der Waals surface area contributed by atoms with Gasteiger partial charge in [0.05, 0.1) is 5.92 Å². The molecule has 1 aromatic carbocycles. The molecule has 1 aliphatic rings. The molecule has 0 bridgehead atoms. The number of carboxylic acids is 1. The van der Waals surface area contributed by atoms with Gasteiger partial charge in [-0.1, -0.05) is 26.0 Å². The molecule has 2 aromatic rings. The molecule has 1 heterocycles. The van der Waals surface area contributed by atoms with Crippen LogP contribution in [0.2, 0.25) is 0 Å². The summed E-state index contributed by atoms with van der Waals surface area (Å²) >= 11 is 0. The monoisotopic (exact) mass is 229 g/mol. The number of nitrogens with one attached hydrogen (secondary N) is 1. The van der Waals surface area contributed by atoms with Gasteiger partial charge in [-0.05, 0) is 28.5 Å². The molecule has 17 heavy (non-hydrogen) atoms. The minimum atomic E-state index is -0.688. The number of H-pyrrole nitrogens is 1. The highest BCUT2D eigenvalue weighted by Gasteiger charge is 2.62. The molecule has 1 aromatic heterocycles. The number of aliphatic carboxylic acids is 1. The van der Waals surface area contributed by atoms with Gasteiger partial charge < -0.3 is 10.1 Å². The molecule has 3 heteroatoms. The zero-order valence-corrected chi connectivity index (χ0v) is 9.90. The molecule has 2 N–H and O–H groups in total. The van der Waals surface area contributed by atoms with E-state index in [1.165, 1.54) is 5.39 Å². The van der Waals surface area contributed by atoms with Crippen LogP contribution in [0.5, 0.6) is 0 Å². The summed E-state index contributed by atoms with van der Waals surface area (Å²) in [7, 11) is 0. The number of fused-ring (bicyclic) bond motifs is 1. The number of benzene rings is 1. The molecular weight excluding hydrogens is 214 g/mol. The Hall–Kier alpha value is -1.77. The van der Waals surface area contributed by atoms with Gasteiger partial charge in [-0.15, -0.1) is 0 Å². The quantitative estimate of drug-likeness (QED) is 0.831. The molecule has 0 aliphatic heterocycles. The normalized spacial score (nSPS) is 26.0. The van der Waals surface area contributed by atoms with E-state index < -0.39 is 5.97 Å². The minimum absolute atomic E-state index is 0.132. The number of carboxylic acid groups (broad SMARTS) is 1. The first-order valence-corrected chi connectivity index (χ1v) is 5.81. The number of hydrogen-bond donors (Lipinski definition) is 2. The first-order valence-electron chi connectivity index (χ1n) is 5.81. The van der Waals surface area contributed by atoms with Crippen molar-refractivity contribution in [1.29, 1.82) is 0 Å². The molecular formula is C14H15NO2. The van der Waals surface area contributed by atoms with Gasteiger partial charge in [0.15, 0.2) is 0 Å². The van der Waals surface area contributed by atoms with Gasteiger partial charge in [0.2, 0.25) is 0 Å². The van der Waals surface area contributed by atoms with Crippen LogP contribution in [0, 0.1) is 11.3 Å². The summed E-state index contributed by atoms with van der Waals surface area (Å²) in [5, 5.41) is 10.4. The van der Waals surface area contributed by atoms with Crippen molar-refractivity contribution in [2.45, 2.75) is 19.8 Å². The lowest BCUT2D eigenvalue weighted by Gasteiger charge is -2.02. The van der Waals surface area contributed by atoms with Crippen molar-refractivity contribution >= 4 is 16.9 Å². The second-order valence-electron chi connectivity index (χ2n) is 5.44. The van der Waals surface area contributed by atoms with Crippen molar-refractivity contribution in [2.24, 2.45) is 11.3 Å². The van der Waals surface area contributed by atoms with Gasteiger partial charge in [0.1, 0.15) is 0 Å². The van der Waals surface area contributed by atoms with Crippen LogP contribution in [-0.4, -0.2) is 16.1 Å². The van der Waals surface area contributed by atoms with Crippen molar-refractivity contribution in [1.82, 2.24) is 4.98 Å². The zero-order valence-electron chi connectivity index (χ0n) is 9.90. The Morgan fingerprint density at radius 3 is 2.76 bits per heavy atom. The van der Waals surface area contributed by atoms with Crippen LogP contribution >= 0.6 is 0 Å². The molecule has 1 fully saturated rings. The molecule has 0 saturated heterocycles. The smallest absolute Gasteiger partial charge is 0.307 e. The highest BCUT2D eigenvalue weighted by molar-refractivity contribution is 5.82. The SMILES string of the molecule is CC1(C)C(C(=O)O)C1c1ccc2cc[nH]c2c1. The lowest BCUT2D eigenvalue weighted by Crippen LogP contribution is -2.03. The van der Waals surface area contributed by atoms with Crippen molar-refractivity contribution < 1.29 is 9.90 Å². The highest BCUT2D eigenvalue weighted by atomic mass is 16.4. The molecule has 3 nitrogen and oxygen atoms in total. The van der Waals surface area contributed by atoms with Crippen LogP contribution < -0.4 is 0 Å². The number of aromatic amines is 1. The zero-order chi connectivity index (χ0) is 12.2. The largest absolute Gasteiger partial charge is 0.481 e. The van der Waals surface area contributed by atoms with Crippen LogP contribution in [-0.2, 0) is 4.79 Å². The minimum Gasteiger partial charge on any atom is -0.481 e. The van der Waals surface area contributed by atoms with E-state index in [1.807, 2.05) is 32.2 Å². The lowest BCUT2D eigenvalue weighted by molar-refractivity contribution is -0.139. The molecule has 0 amide bonds. The Morgan fingerprint density at radius 2 is 2.12 bits per heavy atom. The third-order valence-electron chi connectivity index (χ3n) is 4.03. The number of carbonyl (C=O) groups is 1. The van der Waals surface area contributed by atoms with E-state index in [0.717, 1.165) is 11.1 Å². The summed E-state index contributed by atoms with van der Waals surface area (Å²) in [5.41, 5.74) is 2.07. The number of rotatable bonds is 2. The van der Waals surface area contributed by atoms with Crippen LogP contribution in [0.25, 0.3) is 10.9 Å². The summed E-state index contributed by atoms with van der Waals surface area (Å²) in [5.74, 6) is -0.811. The van der Waals surface area contributed by atoms with Gasteiger partial charge in [0, 0.05) is 17.6 Å². The predicted molar refractivity (Wildman–Crippen MR) is 65.9 cm³/mol. The van der Waals surface area contributed by atoms with E-state index in [0.29, 0.717) is 0 Å². The molecule has 3 rings (SSSR count). The Labute approximate surface area is 99.5 Å². The van der Waals surface area contributed by atoms with Crippen LogP contribution in [0.3, 0.4) is 0 Å². The van der Waals surface area contributed by atoms with Crippen LogP contribution in [0.15, 0.2) is 30.5 Å². The van der Waals surface area contributed by atoms with E-state index >= 15 is 0 Å². The maximum atomic E-state index is 11.2. The topological polar surface area (TPSA) is 53.1 Å². The fourth-order valence-electron chi connectivity index (χ4n) is 2.98. The van der Waals surface area contributed by atoms with Crippen molar-refractivity contribution in [2.75, 3.05) is 0 Å². The maximum Gasteiger partial charge on any atom is 0.307 e. The van der Waals surface area contributed by atoms with Gasteiger partial charge >= 0.3 is 5.97 Å². The Morgan fingerprint density at radius 1 is 1.35 bits per heavy atom. The average molecular weight is 229 g/mol. The van der Waals surface area contributed by atoms with E-state index in [4.69, 9.17) is 0 Å². The van der Waals surface area contributed by atoms with Crippen LogP contribution in [0.1, 0.15) is 25.3 Å². The average Bonchev–Trinajstić information content (AvgIpc) is 2.66. The fourth-order valence-corrected chi connectivity index (χ4v) is 2.98. The molecule has 0 radical (unpaired) electrons. The highest BCUT2D eigenvalue weighted by Crippen LogP contribution is 2.64. The third-order valence-corrected chi connectivity index (χ3v) is 4.03.